The molecule has 2 atom stereocenters. The van der Waals surface area contributed by atoms with Crippen molar-refractivity contribution in [3.63, 3.8) is 0 Å². The Morgan fingerprint density at radius 2 is 1.69 bits per heavy atom. The molecule has 4 rings (SSSR count). The van der Waals surface area contributed by atoms with Gasteiger partial charge in [0, 0.05) is 18.2 Å². The van der Waals surface area contributed by atoms with Gasteiger partial charge in [-0.1, -0.05) is 24.3 Å². The molecule has 0 saturated carbocycles. The Hall–Kier alpha value is -3.15. The molecule has 1 aliphatic heterocycles. The lowest BCUT2D eigenvalue weighted by Crippen LogP contribution is -2.46. The summed E-state index contributed by atoms with van der Waals surface area (Å²) in [5, 5.41) is 0. The Kier molecular flexibility index (Phi) is 5.15. The number of carbonyl (C=O) groups is 1. The summed E-state index contributed by atoms with van der Waals surface area (Å²) in [7, 11) is 0. The monoisotopic (exact) mass is 433 g/mol. The first kappa shape index (κ1) is 22.1. The summed E-state index contributed by atoms with van der Waals surface area (Å²) < 4.78 is 9.02. The number of carbonyl (C=O) groups excluding carboxylic acids is 1. The minimum absolute atomic E-state index is 0.0344. The lowest BCUT2D eigenvalue weighted by atomic mass is 9.90. The van der Waals surface area contributed by atoms with Gasteiger partial charge in [0.1, 0.15) is 11.1 Å². The Morgan fingerprint density at radius 3 is 2.34 bits per heavy atom. The first-order chi connectivity index (χ1) is 14.9. The van der Waals surface area contributed by atoms with Crippen LogP contribution in [0.25, 0.3) is 11.0 Å². The summed E-state index contributed by atoms with van der Waals surface area (Å²) in [4.78, 5) is 31.6. The number of nitrogens with zero attached hydrogens (tertiary/aromatic N) is 3. The maximum Gasteiger partial charge on any atom is 0.332 e. The Morgan fingerprint density at radius 1 is 1.03 bits per heavy atom. The molecule has 0 fully saturated rings. The molecule has 0 amide bonds. The highest BCUT2D eigenvalue weighted by molar-refractivity contribution is 5.85. The van der Waals surface area contributed by atoms with Crippen LogP contribution < -0.4 is 5.69 Å². The van der Waals surface area contributed by atoms with Crippen molar-refractivity contribution in [2.45, 2.75) is 71.6 Å². The van der Waals surface area contributed by atoms with Gasteiger partial charge in [-0.25, -0.2) is 9.59 Å². The molecule has 2 unspecified atom stereocenters. The fourth-order valence-corrected chi connectivity index (χ4v) is 4.57. The number of fused-ring (bicyclic) bond motifs is 2. The molecule has 0 bridgehead atoms. The van der Waals surface area contributed by atoms with Gasteiger partial charge in [-0.2, -0.15) is 0 Å². The summed E-state index contributed by atoms with van der Waals surface area (Å²) in [5.74, 6) is -0.473. The number of hydrogen-bond donors (Lipinski definition) is 0. The molecule has 2 heterocycles. The number of aliphatic imine (C=N–C) groups is 1. The SMILES string of the molecule is Cc1cccc2c1C(C(C)n1c(=O)n(C(C)(C)C(=O)OC(C)(C)C)c3ccccc31)C=N2. The minimum atomic E-state index is -1.17. The molecule has 6 heteroatoms. The second-order valence-electron chi connectivity index (χ2n) is 10.1. The quantitative estimate of drug-likeness (QED) is 0.528. The van der Waals surface area contributed by atoms with Crippen molar-refractivity contribution in [3.8, 4) is 0 Å². The zero-order valence-electron chi connectivity index (χ0n) is 19.8. The second-order valence-corrected chi connectivity index (χ2v) is 10.1. The van der Waals surface area contributed by atoms with Crippen LogP contribution in [0.15, 0.2) is 52.3 Å². The number of para-hydroxylation sites is 2. The van der Waals surface area contributed by atoms with E-state index in [4.69, 9.17) is 4.74 Å². The van der Waals surface area contributed by atoms with Crippen LogP contribution in [0.3, 0.4) is 0 Å². The van der Waals surface area contributed by atoms with Gasteiger partial charge in [-0.05, 0) is 77.8 Å². The molecule has 0 aliphatic carbocycles. The third-order valence-electron chi connectivity index (χ3n) is 6.17. The maximum atomic E-state index is 13.9. The van der Waals surface area contributed by atoms with Crippen molar-refractivity contribution in [2.24, 2.45) is 4.99 Å². The van der Waals surface area contributed by atoms with E-state index >= 15 is 0 Å². The van der Waals surface area contributed by atoms with Crippen LogP contribution in [-0.2, 0) is 15.1 Å². The van der Waals surface area contributed by atoms with Crippen molar-refractivity contribution in [2.75, 3.05) is 0 Å². The molecule has 1 aliphatic rings. The van der Waals surface area contributed by atoms with Gasteiger partial charge in [-0.3, -0.25) is 14.1 Å². The first-order valence-electron chi connectivity index (χ1n) is 11.0. The number of hydrogen-bond acceptors (Lipinski definition) is 4. The molecule has 2 aromatic carbocycles. The van der Waals surface area contributed by atoms with E-state index < -0.39 is 17.1 Å². The number of benzene rings is 2. The number of imidazole rings is 1. The minimum Gasteiger partial charge on any atom is -0.458 e. The molecule has 3 aromatic rings. The lowest BCUT2D eigenvalue weighted by molar-refractivity contribution is -0.164. The topological polar surface area (TPSA) is 65.6 Å². The molecule has 6 nitrogen and oxygen atoms in total. The standard InChI is InChI=1S/C26H31N3O3/c1-16-11-10-12-19-22(16)18(15-27-19)17(2)28-20-13-8-9-14-21(20)29(24(28)31)26(6,7)23(30)32-25(3,4)5/h8-15,17-18H,1-7H3. The maximum absolute atomic E-state index is 13.9. The fourth-order valence-electron chi connectivity index (χ4n) is 4.57. The van der Waals surface area contributed by atoms with Gasteiger partial charge >= 0.3 is 11.7 Å². The number of rotatable bonds is 4. The van der Waals surface area contributed by atoms with Crippen LogP contribution >= 0.6 is 0 Å². The van der Waals surface area contributed by atoms with E-state index in [9.17, 15) is 9.59 Å². The van der Waals surface area contributed by atoms with E-state index in [1.54, 1.807) is 23.0 Å². The highest BCUT2D eigenvalue weighted by Crippen LogP contribution is 2.41. The highest BCUT2D eigenvalue weighted by Gasteiger charge is 2.39. The number of aromatic nitrogens is 2. The molecular weight excluding hydrogens is 402 g/mol. The Bertz CT molecular complexity index is 1290. The van der Waals surface area contributed by atoms with Crippen molar-refractivity contribution in [1.29, 1.82) is 0 Å². The Balaban J connectivity index is 1.88. The second kappa shape index (κ2) is 7.47. The van der Waals surface area contributed by atoms with E-state index in [1.807, 2.05) is 70.3 Å². The largest absolute Gasteiger partial charge is 0.458 e. The first-order valence-corrected chi connectivity index (χ1v) is 11.0. The summed E-state index contributed by atoms with van der Waals surface area (Å²) >= 11 is 0. The normalized spacial score (nSPS) is 16.9. The molecule has 1 aromatic heterocycles. The third kappa shape index (κ3) is 3.48. The van der Waals surface area contributed by atoms with Crippen LogP contribution in [0, 0.1) is 6.92 Å². The van der Waals surface area contributed by atoms with E-state index in [0.717, 1.165) is 22.3 Å². The Labute approximate surface area is 188 Å². The van der Waals surface area contributed by atoms with Crippen LogP contribution in [0.2, 0.25) is 0 Å². The fraction of sp³-hybridized carbons (Fsp3) is 0.423. The van der Waals surface area contributed by atoms with Crippen LogP contribution in [0.1, 0.15) is 64.6 Å². The summed E-state index contributed by atoms with van der Waals surface area (Å²) in [6, 6.07) is 13.5. The van der Waals surface area contributed by atoms with Crippen molar-refractivity contribution in [3.05, 3.63) is 64.1 Å². The average Bonchev–Trinajstić information content (AvgIpc) is 3.25. The van der Waals surface area contributed by atoms with E-state index in [2.05, 4.69) is 18.0 Å². The molecule has 0 radical (unpaired) electrons. The van der Waals surface area contributed by atoms with Gasteiger partial charge < -0.3 is 4.74 Å². The number of aryl methyl sites for hydroxylation is 1. The van der Waals surface area contributed by atoms with Gasteiger partial charge in [0.05, 0.1) is 16.7 Å². The molecule has 0 spiro atoms. The number of esters is 1. The molecular formula is C26H31N3O3. The average molecular weight is 434 g/mol. The molecule has 168 valence electrons. The third-order valence-corrected chi connectivity index (χ3v) is 6.17. The van der Waals surface area contributed by atoms with Crippen LogP contribution in [-0.4, -0.2) is 26.9 Å². The van der Waals surface area contributed by atoms with E-state index in [0.29, 0.717) is 5.52 Å². The van der Waals surface area contributed by atoms with Gasteiger partial charge in [0.15, 0.2) is 0 Å². The van der Waals surface area contributed by atoms with Crippen LogP contribution in [0.4, 0.5) is 5.69 Å². The van der Waals surface area contributed by atoms with Crippen LogP contribution in [0.5, 0.6) is 0 Å². The zero-order chi connectivity index (χ0) is 23.4. The van der Waals surface area contributed by atoms with Crippen molar-refractivity contribution in [1.82, 2.24) is 9.13 Å². The lowest BCUT2D eigenvalue weighted by Gasteiger charge is -2.29. The smallest absolute Gasteiger partial charge is 0.332 e. The highest BCUT2D eigenvalue weighted by atomic mass is 16.6. The molecule has 0 N–H and O–H groups in total. The number of ether oxygens (including phenoxy) is 1. The summed E-state index contributed by atoms with van der Waals surface area (Å²) in [6.45, 7) is 13.1. The summed E-state index contributed by atoms with van der Waals surface area (Å²) in [5.41, 5.74) is 2.70. The van der Waals surface area contributed by atoms with Gasteiger partial charge in [0.2, 0.25) is 0 Å². The predicted octanol–water partition coefficient (Wildman–Crippen LogP) is 5.25. The van der Waals surface area contributed by atoms with E-state index in [1.165, 1.54) is 0 Å². The van der Waals surface area contributed by atoms with Gasteiger partial charge in [-0.15, -0.1) is 0 Å². The van der Waals surface area contributed by atoms with Gasteiger partial charge in [0.25, 0.3) is 0 Å². The predicted molar refractivity (Wildman–Crippen MR) is 128 cm³/mol. The zero-order valence-corrected chi connectivity index (χ0v) is 19.8. The van der Waals surface area contributed by atoms with E-state index in [-0.39, 0.29) is 17.6 Å². The van der Waals surface area contributed by atoms with Crippen molar-refractivity contribution < 1.29 is 9.53 Å². The molecule has 32 heavy (non-hydrogen) atoms. The summed E-state index contributed by atoms with van der Waals surface area (Å²) in [6.07, 6.45) is 1.93. The molecule has 0 saturated heterocycles. The van der Waals surface area contributed by atoms with Crippen molar-refractivity contribution >= 4 is 28.9 Å².